The Balaban J connectivity index is 1.69. The maximum Gasteiger partial charge on any atom is 0.254 e. The van der Waals surface area contributed by atoms with Gasteiger partial charge in [0.05, 0.1) is 4.90 Å². The Bertz CT molecular complexity index is 876. The molecule has 0 saturated carbocycles. The standard InChI is InChI=1S/C17H17ClN2O4S/c18-14-4-6-16(7-5-14)25(23,24)20-10-8-19(9-11-20)17(22)13-2-1-3-15(21)12-13/h1-7,12,21H,8-11H2. The lowest BCUT2D eigenvalue weighted by Crippen LogP contribution is -2.50. The molecule has 1 heterocycles. The van der Waals surface area contributed by atoms with Crippen LogP contribution in [0.2, 0.25) is 5.02 Å². The fourth-order valence-corrected chi connectivity index (χ4v) is 4.26. The van der Waals surface area contributed by atoms with Crippen molar-refractivity contribution in [2.75, 3.05) is 26.2 Å². The molecule has 2 aromatic carbocycles. The summed E-state index contributed by atoms with van der Waals surface area (Å²) in [6.07, 6.45) is 0. The quantitative estimate of drug-likeness (QED) is 0.885. The molecule has 0 spiro atoms. The number of phenolic OH excluding ortho intramolecular Hbond substituents is 1. The number of carbonyl (C=O) groups is 1. The van der Waals surface area contributed by atoms with Crippen molar-refractivity contribution in [2.24, 2.45) is 0 Å². The van der Waals surface area contributed by atoms with E-state index in [0.29, 0.717) is 23.7 Å². The van der Waals surface area contributed by atoms with E-state index in [1.54, 1.807) is 17.0 Å². The molecule has 0 aromatic heterocycles. The highest BCUT2D eigenvalue weighted by Crippen LogP contribution is 2.21. The minimum absolute atomic E-state index is 0.0230. The van der Waals surface area contributed by atoms with E-state index >= 15 is 0 Å². The van der Waals surface area contributed by atoms with E-state index in [9.17, 15) is 18.3 Å². The molecule has 25 heavy (non-hydrogen) atoms. The minimum Gasteiger partial charge on any atom is -0.508 e. The van der Waals surface area contributed by atoms with Gasteiger partial charge in [0.1, 0.15) is 5.75 Å². The van der Waals surface area contributed by atoms with E-state index in [4.69, 9.17) is 11.6 Å². The number of halogens is 1. The highest BCUT2D eigenvalue weighted by Gasteiger charge is 2.30. The van der Waals surface area contributed by atoms with Crippen LogP contribution < -0.4 is 0 Å². The van der Waals surface area contributed by atoms with Crippen molar-refractivity contribution in [3.05, 3.63) is 59.1 Å². The molecular weight excluding hydrogens is 364 g/mol. The monoisotopic (exact) mass is 380 g/mol. The first kappa shape index (κ1) is 17.7. The van der Waals surface area contributed by atoms with Crippen LogP contribution in [-0.4, -0.2) is 54.8 Å². The summed E-state index contributed by atoms with van der Waals surface area (Å²) >= 11 is 5.80. The summed E-state index contributed by atoms with van der Waals surface area (Å²) in [6, 6.07) is 12.1. The van der Waals surface area contributed by atoms with Gasteiger partial charge < -0.3 is 10.0 Å². The van der Waals surface area contributed by atoms with Crippen molar-refractivity contribution in [1.82, 2.24) is 9.21 Å². The molecule has 8 heteroatoms. The van der Waals surface area contributed by atoms with Crippen molar-refractivity contribution in [3.8, 4) is 5.75 Å². The number of hydrogen-bond donors (Lipinski definition) is 1. The highest BCUT2D eigenvalue weighted by atomic mass is 35.5. The lowest BCUT2D eigenvalue weighted by molar-refractivity contribution is 0.0697. The summed E-state index contributed by atoms with van der Waals surface area (Å²) < 4.78 is 26.6. The third-order valence-corrected chi connectivity index (χ3v) is 6.24. The number of hydrogen-bond acceptors (Lipinski definition) is 4. The highest BCUT2D eigenvalue weighted by molar-refractivity contribution is 7.89. The molecule has 3 rings (SSSR count). The summed E-state index contributed by atoms with van der Waals surface area (Å²) in [7, 11) is -3.60. The summed E-state index contributed by atoms with van der Waals surface area (Å²) in [6.45, 7) is 1.02. The van der Waals surface area contributed by atoms with Crippen molar-refractivity contribution < 1.29 is 18.3 Å². The fraction of sp³-hybridized carbons (Fsp3) is 0.235. The van der Waals surface area contributed by atoms with Crippen molar-refractivity contribution in [3.63, 3.8) is 0 Å². The molecule has 0 aliphatic carbocycles. The van der Waals surface area contributed by atoms with Crippen LogP contribution in [0.4, 0.5) is 0 Å². The average molecular weight is 381 g/mol. The number of nitrogens with zero attached hydrogens (tertiary/aromatic N) is 2. The molecule has 1 saturated heterocycles. The van der Waals surface area contributed by atoms with Crippen LogP contribution in [0.3, 0.4) is 0 Å². The zero-order valence-electron chi connectivity index (χ0n) is 13.3. The first-order valence-corrected chi connectivity index (χ1v) is 9.54. The predicted molar refractivity (Wildman–Crippen MR) is 94.2 cm³/mol. The Kier molecular flexibility index (Phi) is 4.99. The average Bonchev–Trinajstić information content (AvgIpc) is 2.61. The second kappa shape index (κ2) is 7.03. The number of carbonyl (C=O) groups excluding carboxylic acids is 1. The molecule has 0 radical (unpaired) electrons. The Labute approximate surface area is 151 Å². The summed E-state index contributed by atoms with van der Waals surface area (Å²) in [5, 5.41) is 9.96. The lowest BCUT2D eigenvalue weighted by Gasteiger charge is -2.34. The summed E-state index contributed by atoms with van der Waals surface area (Å²) in [4.78, 5) is 14.2. The molecule has 0 atom stereocenters. The van der Waals surface area contributed by atoms with Crippen molar-refractivity contribution in [1.29, 1.82) is 0 Å². The molecule has 0 unspecified atom stereocenters. The number of phenols is 1. The maximum absolute atomic E-state index is 12.6. The van der Waals surface area contributed by atoms with Crippen molar-refractivity contribution >= 4 is 27.5 Å². The Morgan fingerprint density at radius 2 is 1.64 bits per heavy atom. The molecule has 6 nitrogen and oxygen atoms in total. The Morgan fingerprint density at radius 3 is 2.24 bits per heavy atom. The van der Waals surface area contributed by atoms with E-state index in [1.165, 1.54) is 40.7 Å². The number of aromatic hydroxyl groups is 1. The SMILES string of the molecule is O=C(c1cccc(O)c1)N1CCN(S(=O)(=O)c2ccc(Cl)cc2)CC1. The smallest absolute Gasteiger partial charge is 0.254 e. The van der Waals surface area contributed by atoms with Gasteiger partial charge in [0.15, 0.2) is 0 Å². The normalized spacial score (nSPS) is 16.0. The first-order valence-electron chi connectivity index (χ1n) is 7.72. The van der Waals surface area contributed by atoms with Crippen LogP contribution in [0.15, 0.2) is 53.4 Å². The molecule has 1 N–H and O–H groups in total. The van der Waals surface area contributed by atoms with Crippen LogP contribution >= 0.6 is 11.6 Å². The van der Waals surface area contributed by atoms with Crippen LogP contribution in [0.1, 0.15) is 10.4 Å². The Morgan fingerprint density at radius 1 is 1.00 bits per heavy atom. The zero-order valence-corrected chi connectivity index (χ0v) is 14.9. The minimum atomic E-state index is -3.60. The Hall–Kier alpha value is -2.09. The van der Waals surface area contributed by atoms with E-state index in [0.717, 1.165) is 0 Å². The fourth-order valence-electron chi connectivity index (χ4n) is 2.71. The van der Waals surface area contributed by atoms with Gasteiger partial charge in [0.2, 0.25) is 10.0 Å². The molecule has 2 aromatic rings. The molecule has 1 aliphatic heterocycles. The molecule has 132 valence electrons. The number of amides is 1. The summed E-state index contributed by atoms with van der Waals surface area (Å²) in [5.41, 5.74) is 0.383. The van der Waals surface area contributed by atoms with E-state index in [-0.39, 0.29) is 29.6 Å². The number of rotatable bonds is 3. The van der Waals surface area contributed by atoms with E-state index in [1.807, 2.05) is 0 Å². The molecule has 1 amide bonds. The third-order valence-electron chi connectivity index (χ3n) is 4.07. The third kappa shape index (κ3) is 3.78. The van der Waals surface area contributed by atoms with Crippen LogP contribution in [-0.2, 0) is 10.0 Å². The topological polar surface area (TPSA) is 77.9 Å². The van der Waals surface area contributed by atoms with Gasteiger partial charge in [-0.25, -0.2) is 8.42 Å². The van der Waals surface area contributed by atoms with Crippen LogP contribution in [0.5, 0.6) is 5.75 Å². The van der Waals surface area contributed by atoms with Crippen LogP contribution in [0, 0.1) is 0 Å². The number of benzene rings is 2. The van der Waals surface area contributed by atoms with Crippen molar-refractivity contribution in [2.45, 2.75) is 4.90 Å². The van der Waals surface area contributed by atoms with Gasteiger partial charge in [-0.3, -0.25) is 4.79 Å². The van der Waals surface area contributed by atoms with Gasteiger partial charge in [-0.1, -0.05) is 17.7 Å². The van der Waals surface area contributed by atoms with E-state index < -0.39 is 10.0 Å². The number of piperazine rings is 1. The summed E-state index contributed by atoms with van der Waals surface area (Å²) in [5.74, 6) is -0.200. The van der Waals surface area contributed by atoms with Gasteiger partial charge >= 0.3 is 0 Å². The van der Waals surface area contributed by atoms with Gasteiger partial charge in [0, 0.05) is 36.8 Å². The van der Waals surface area contributed by atoms with Gasteiger partial charge in [-0.2, -0.15) is 4.31 Å². The zero-order chi connectivity index (χ0) is 18.0. The molecular formula is C17H17ClN2O4S. The lowest BCUT2D eigenvalue weighted by atomic mass is 10.2. The van der Waals surface area contributed by atoms with Gasteiger partial charge in [-0.15, -0.1) is 0 Å². The van der Waals surface area contributed by atoms with Crippen LogP contribution in [0.25, 0.3) is 0 Å². The number of sulfonamides is 1. The molecule has 0 bridgehead atoms. The predicted octanol–water partition coefficient (Wildman–Crippen LogP) is 2.19. The second-order valence-electron chi connectivity index (χ2n) is 5.70. The van der Waals surface area contributed by atoms with Gasteiger partial charge in [0.25, 0.3) is 5.91 Å². The molecule has 1 fully saturated rings. The van der Waals surface area contributed by atoms with Gasteiger partial charge in [-0.05, 0) is 42.5 Å². The largest absolute Gasteiger partial charge is 0.508 e. The molecule has 1 aliphatic rings. The maximum atomic E-state index is 12.6. The second-order valence-corrected chi connectivity index (χ2v) is 8.07. The first-order chi connectivity index (χ1) is 11.9. The van der Waals surface area contributed by atoms with E-state index in [2.05, 4.69) is 0 Å².